The second-order valence-corrected chi connectivity index (χ2v) is 25.1. The lowest BCUT2D eigenvalue weighted by Crippen LogP contribution is -2.26. The van der Waals surface area contributed by atoms with Gasteiger partial charge in [0.05, 0.1) is 33.1 Å². The Balaban J connectivity index is 0.000000204. The van der Waals surface area contributed by atoms with E-state index in [1.807, 2.05) is 64.1 Å². The third kappa shape index (κ3) is 16.0. The SMILES string of the molecule is CN(C)C(=O)c1cc(NS(=O)(=O)c2ccccc2)c2ccccc2c1O.Cc1ccc(C(C)(C)CC(C)(C)C)c(OS(=O)Nc2cc(C(=O)N(C)C)c(O)c3ccccc23)c1.Cc1ccc(OS(=O)Nc2cc(C)c(C)cc2O)cc1. The first-order chi connectivity index (χ1) is 38.0. The Morgan fingerprint density at radius 3 is 1.53 bits per heavy atom. The molecule has 2 amide bonds. The van der Waals surface area contributed by atoms with Crippen LogP contribution >= 0.6 is 0 Å². The van der Waals surface area contributed by atoms with Gasteiger partial charge in [-0.05, 0) is 116 Å². The number of phenols is 3. The standard InChI is InChI=1S/C28H36N2O4S.C19H18N2O4S.C15H17NO3S/c1-18-13-14-22(28(5,6)17-27(2,3)4)24(15-18)34-35(33)29-23-16-21(26(32)30(7)8)25(31)20-12-10-9-11-19(20)23;1-21(2)19(23)16-12-17(14-10-6-7-11-15(14)18(16)22)20-26(24,25)13-8-4-3-5-9-13;1-10-4-6-13(7-5-10)19-20(18)16-14-8-11(2)12(3)9-15(14)17/h9-16,29,31H,17H2,1-8H3;3-12,20,22H,1-2H3;4-9,16-17H,1-3H3. The highest BCUT2D eigenvalue weighted by Gasteiger charge is 2.31. The number of rotatable bonds is 15. The maximum atomic E-state index is 13.2. The molecule has 0 bridgehead atoms. The quantitative estimate of drug-likeness (QED) is 0.0418. The molecular formula is C62H71N5O11S3. The molecule has 0 heterocycles. The van der Waals surface area contributed by atoms with Crippen LogP contribution in [0.2, 0.25) is 0 Å². The van der Waals surface area contributed by atoms with Gasteiger partial charge in [0.2, 0.25) is 0 Å². The number of hydrogen-bond acceptors (Lipinski definition) is 11. The van der Waals surface area contributed by atoms with E-state index in [2.05, 4.69) is 48.8 Å². The molecule has 8 aromatic carbocycles. The van der Waals surface area contributed by atoms with Gasteiger partial charge in [0.25, 0.3) is 21.8 Å². The number of anilines is 3. The van der Waals surface area contributed by atoms with Crippen LogP contribution in [0, 0.1) is 33.1 Å². The second-order valence-electron chi connectivity index (χ2n) is 21.8. The van der Waals surface area contributed by atoms with E-state index < -0.39 is 38.5 Å². The number of phenolic OH excluding ortho intramolecular Hbond substituents is 3. The van der Waals surface area contributed by atoms with E-state index in [1.54, 1.807) is 113 Å². The Morgan fingerprint density at radius 1 is 0.543 bits per heavy atom. The topological polar surface area (TPSA) is 224 Å². The molecule has 0 saturated heterocycles. The molecule has 8 rings (SSSR count). The molecule has 0 fully saturated rings. The first kappa shape index (κ1) is 62.1. The summed E-state index contributed by atoms with van der Waals surface area (Å²) in [5, 5.41) is 33.0. The number of nitrogens with one attached hydrogen (secondary N) is 3. The fraction of sp³-hybridized carbons (Fsp3) is 0.258. The Bertz CT molecular complexity index is 3750. The minimum Gasteiger partial charge on any atom is -0.506 e. The minimum absolute atomic E-state index is 0.0273. The van der Waals surface area contributed by atoms with Crippen molar-refractivity contribution in [3.63, 3.8) is 0 Å². The molecule has 0 radical (unpaired) electrons. The van der Waals surface area contributed by atoms with E-state index in [0.29, 0.717) is 44.4 Å². The number of aryl methyl sites for hydroxylation is 4. The number of sulfonamides is 1. The number of benzene rings is 8. The van der Waals surface area contributed by atoms with Crippen LogP contribution in [0.25, 0.3) is 21.5 Å². The normalized spacial score (nSPS) is 12.2. The van der Waals surface area contributed by atoms with Crippen LogP contribution < -0.4 is 22.5 Å². The molecule has 81 heavy (non-hydrogen) atoms. The lowest BCUT2D eigenvalue weighted by molar-refractivity contribution is 0.0817. The monoisotopic (exact) mass is 1160 g/mol. The van der Waals surface area contributed by atoms with Gasteiger partial charge in [-0.15, -0.1) is 0 Å². The summed E-state index contributed by atoms with van der Waals surface area (Å²) in [5.74, 6) is 0.0428. The van der Waals surface area contributed by atoms with Crippen LogP contribution in [0.15, 0.2) is 150 Å². The molecule has 0 aliphatic rings. The zero-order valence-corrected chi connectivity index (χ0v) is 50.2. The van der Waals surface area contributed by atoms with E-state index in [-0.39, 0.29) is 55.7 Å². The predicted octanol–water partition coefficient (Wildman–Crippen LogP) is 12.8. The van der Waals surface area contributed by atoms with E-state index >= 15 is 0 Å². The highest BCUT2D eigenvalue weighted by atomic mass is 32.2. The highest BCUT2D eigenvalue weighted by molar-refractivity contribution is 7.92. The summed E-state index contributed by atoms with van der Waals surface area (Å²) in [5.41, 5.74) is 6.14. The summed E-state index contributed by atoms with van der Waals surface area (Å²) in [4.78, 5) is 27.9. The number of aromatic hydroxyl groups is 3. The van der Waals surface area contributed by atoms with E-state index in [9.17, 15) is 41.7 Å². The van der Waals surface area contributed by atoms with E-state index in [1.165, 1.54) is 34.1 Å². The first-order valence-corrected chi connectivity index (χ1v) is 29.3. The Labute approximate surface area is 480 Å². The van der Waals surface area contributed by atoms with Crippen molar-refractivity contribution in [2.45, 2.75) is 79.0 Å². The van der Waals surface area contributed by atoms with Gasteiger partial charge >= 0.3 is 22.5 Å². The lowest BCUT2D eigenvalue weighted by Gasteiger charge is -2.34. The maximum absolute atomic E-state index is 13.2. The first-order valence-electron chi connectivity index (χ1n) is 25.7. The molecule has 428 valence electrons. The van der Waals surface area contributed by atoms with Crippen LogP contribution in [0.5, 0.6) is 28.7 Å². The largest absolute Gasteiger partial charge is 0.506 e. The van der Waals surface area contributed by atoms with Gasteiger partial charge in [-0.2, -0.15) is 8.42 Å². The summed E-state index contributed by atoms with van der Waals surface area (Å²) in [7, 11) is 2.51. The lowest BCUT2D eigenvalue weighted by atomic mass is 9.72. The molecule has 0 aromatic heterocycles. The van der Waals surface area contributed by atoms with Crippen LogP contribution in [0.1, 0.15) is 89.6 Å². The average molecular weight is 1160 g/mol. The van der Waals surface area contributed by atoms with Gasteiger partial charge in [-0.1, -0.05) is 131 Å². The van der Waals surface area contributed by atoms with Gasteiger partial charge in [0, 0.05) is 55.3 Å². The third-order valence-electron chi connectivity index (χ3n) is 12.8. The fourth-order valence-electron chi connectivity index (χ4n) is 9.05. The molecule has 6 N–H and O–H groups in total. The minimum atomic E-state index is -3.84. The van der Waals surface area contributed by atoms with Crippen LogP contribution in [-0.2, 0) is 38.0 Å². The summed E-state index contributed by atoms with van der Waals surface area (Å²) in [6.07, 6.45) is 0.915. The number of hydrogen-bond donors (Lipinski definition) is 6. The fourth-order valence-corrected chi connectivity index (χ4v) is 11.5. The van der Waals surface area contributed by atoms with Gasteiger partial charge in [0.1, 0.15) is 28.7 Å². The highest BCUT2D eigenvalue weighted by Crippen LogP contribution is 2.42. The molecule has 2 atom stereocenters. The Hall–Kier alpha value is -8.13. The van der Waals surface area contributed by atoms with Crippen LogP contribution in [0.3, 0.4) is 0 Å². The Morgan fingerprint density at radius 2 is 1.00 bits per heavy atom. The van der Waals surface area contributed by atoms with E-state index in [0.717, 1.165) is 34.2 Å². The Kier molecular flexibility index (Phi) is 19.9. The zero-order chi connectivity index (χ0) is 59.7. The summed E-state index contributed by atoms with van der Waals surface area (Å²) < 4.78 is 69.7. The van der Waals surface area contributed by atoms with Gasteiger partial charge in [-0.3, -0.25) is 23.8 Å². The summed E-state index contributed by atoms with van der Waals surface area (Å²) in [6, 6.07) is 41.3. The second kappa shape index (κ2) is 26.0. The number of amides is 2. The number of carbonyl (C=O) groups excluding carboxylic acids is 2. The molecule has 16 nitrogen and oxygen atoms in total. The van der Waals surface area contributed by atoms with Crippen molar-refractivity contribution in [1.29, 1.82) is 0 Å². The zero-order valence-electron chi connectivity index (χ0n) is 47.8. The molecule has 0 saturated carbocycles. The van der Waals surface area contributed by atoms with Crippen LogP contribution in [0.4, 0.5) is 17.1 Å². The molecule has 8 aromatic rings. The van der Waals surface area contributed by atoms with E-state index in [4.69, 9.17) is 8.37 Å². The van der Waals surface area contributed by atoms with Crippen molar-refractivity contribution in [2.75, 3.05) is 42.4 Å². The van der Waals surface area contributed by atoms with Gasteiger partial charge < -0.3 is 33.5 Å². The van der Waals surface area contributed by atoms with Crippen LogP contribution in [-0.4, -0.2) is 82.0 Å². The average Bonchev–Trinajstić information content (AvgIpc) is 3.42. The number of nitrogens with zero attached hydrogens (tertiary/aromatic N) is 2. The number of fused-ring (bicyclic) bond motifs is 2. The molecule has 2 unspecified atom stereocenters. The molecule has 0 spiro atoms. The molecular weight excluding hydrogens is 1090 g/mol. The summed E-state index contributed by atoms with van der Waals surface area (Å²) in [6.45, 7) is 18.7. The number of carbonyl (C=O) groups is 2. The van der Waals surface area contributed by atoms with Crippen molar-refractivity contribution >= 4 is 83.0 Å². The smallest absolute Gasteiger partial charge is 0.316 e. The van der Waals surface area contributed by atoms with Crippen molar-refractivity contribution < 1.29 is 50.1 Å². The van der Waals surface area contributed by atoms with Crippen molar-refractivity contribution in [3.05, 3.63) is 185 Å². The molecule has 0 aliphatic carbocycles. The van der Waals surface area contributed by atoms with Crippen molar-refractivity contribution in [3.8, 4) is 28.7 Å². The molecule has 0 aliphatic heterocycles. The van der Waals surface area contributed by atoms with Gasteiger partial charge in [0.15, 0.2) is 0 Å². The molecule has 19 heteroatoms. The maximum Gasteiger partial charge on any atom is 0.316 e. The predicted molar refractivity (Wildman–Crippen MR) is 326 cm³/mol. The summed E-state index contributed by atoms with van der Waals surface area (Å²) >= 11 is -3.71. The third-order valence-corrected chi connectivity index (χ3v) is 15.6. The van der Waals surface area contributed by atoms with Crippen molar-refractivity contribution in [2.24, 2.45) is 5.41 Å². The van der Waals surface area contributed by atoms with Crippen molar-refractivity contribution in [1.82, 2.24) is 9.80 Å². The van der Waals surface area contributed by atoms with Gasteiger partial charge in [-0.25, -0.2) is 8.42 Å².